The number of hydrogen-bond donors (Lipinski definition) is 3. The van der Waals surface area contributed by atoms with Crippen molar-refractivity contribution in [2.45, 2.75) is 112 Å². The van der Waals surface area contributed by atoms with Gasteiger partial charge in [0.25, 0.3) is 5.91 Å². The molecular weight excluding hydrogens is 496 g/mol. The maximum Gasteiger partial charge on any atom is 0.289 e. The molecule has 3 aliphatic carbocycles. The van der Waals surface area contributed by atoms with Crippen molar-refractivity contribution in [2.24, 2.45) is 39.9 Å². The van der Waals surface area contributed by atoms with E-state index in [0.717, 1.165) is 19.3 Å². The van der Waals surface area contributed by atoms with Gasteiger partial charge in [0.15, 0.2) is 0 Å². The lowest BCUT2D eigenvalue weighted by molar-refractivity contribution is -0.147. The number of nitrogens with zero attached hydrogens (tertiary/aromatic N) is 1. The highest BCUT2D eigenvalue weighted by Gasteiger charge is 2.70. The van der Waals surface area contributed by atoms with Gasteiger partial charge < -0.3 is 20.9 Å². The molecule has 4 amide bonds. The summed E-state index contributed by atoms with van der Waals surface area (Å²) in [7, 11) is 0. The maximum absolute atomic E-state index is 13.9. The minimum atomic E-state index is -0.913. The van der Waals surface area contributed by atoms with Crippen molar-refractivity contribution >= 4 is 29.4 Å². The molecule has 0 spiro atoms. The first-order chi connectivity index (χ1) is 17.9. The molecule has 3 N–H and O–H groups in total. The Bertz CT molecular complexity index is 1050. The number of nitrogens with one attached hydrogen (secondary N) is 3. The van der Waals surface area contributed by atoms with Crippen LogP contribution in [-0.2, 0) is 24.0 Å². The summed E-state index contributed by atoms with van der Waals surface area (Å²) in [5, 5.41) is 8.66. The molecule has 2 unspecified atom stereocenters. The van der Waals surface area contributed by atoms with Crippen LogP contribution < -0.4 is 16.0 Å². The summed E-state index contributed by atoms with van der Waals surface area (Å²) in [6, 6.07) is -2.49. The van der Waals surface area contributed by atoms with E-state index in [9.17, 15) is 24.0 Å². The lowest BCUT2D eigenvalue weighted by Gasteiger charge is -2.38. The lowest BCUT2D eigenvalue weighted by Crippen LogP contribution is -2.61. The topological polar surface area (TPSA) is 125 Å². The Balaban J connectivity index is 1.53. The van der Waals surface area contributed by atoms with Crippen molar-refractivity contribution in [3.8, 4) is 0 Å². The van der Waals surface area contributed by atoms with Gasteiger partial charge in [-0.15, -0.1) is 0 Å². The fourth-order valence-electron chi connectivity index (χ4n) is 6.21. The molecule has 0 aromatic carbocycles. The number of Topliss-reactive ketones (excluding diaryl/α,β-unsaturated/α-hetero) is 1. The van der Waals surface area contributed by atoms with E-state index in [1.165, 1.54) is 0 Å². The molecule has 39 heavy (non-hydrogen) atoms. The van der Waals surface area contributed by atoms with E-state index in [4.69, 9.17) is 0 Å². The SMILES string of the molecule is CC(C)C(=O)NC(C(=O)N1C[C@H]2[C@@H]([C@H]1C(=O)NC(CC1CC1)C(=O)C(=O)N[C@H]1CC1(C)C)C2(C)C)C(C)(C)C. The summed E-state index contributed by atoms with van der Waals surface area (Å²) < 4.78 is 0. The van der Waals surface area contributed by atoms with Crippen molar-refractivity contribution in [3.05, 3.63) is 0 Å². The number of carbonyl (C=O) groups is 5. The predicted molar refractivity (Wildman–Crippen MR) is 147 cm³/mol. The third kappa shape index (κ3) is 6.02. The van der Waals surface area contributed by atoms with Crippen molar-refractivity contribution in [2.75, 3.05) is 6.54 Å². The van der Waals surface area contributed by atoms with E-state index in [-0.39, 0.29) is 52.3 Å². The molecule has 1 aliphatic heterocycles. The van der Waals surface area contributed by atoms with Crippen LogP contribution in [0.2, 0.25) is 0 Å². The molecule has 9 heteroatoms. The first kappa shape index (κ1) is 29.5. The second-order valence-electron chi connectivity index (χ2n) is 15.2. The van der Waals surface area contributed by atoms with Crippen LogP contribution in [0.4, 0.5) is 0 Å². The number of fused-ring (bicyclic) bond motifs is 1. The van der Waals surface area contributed by atoms with Crippen molar-refractivity contribution in [1.82, 2.24) is 20.9 Å². The number of amides is 4. The van der Waals surface area contributed by atoms with Gasteiger partial charge in [-0.3, -0.25) is 24.0 Å². The maximum atomic E-state index is 13.9. The largest absolute Gasteiger partial charge is 0.346 e. The van der Waals surface area contributed by atoms with E-state index < -0.39 is 35.2 Å². The van der Waals surface area contributed by atoms with Crippen LogP contribution in [0.15, 0.2) is 0 Å². The minimum Gasteiger partial charge on any atom is -0.346 e. The second-order valence-corrected chi connectivity index (χ2v) is 15.2. The first-order valence-corrected chi connectivity index (χ1v) is 14.6. The monoisotopic (exact) mass is 544 g/mol. The average Bonchev–Trinajstić information content (AvgIpc) is 3.75. The van der Waals surface area contributed by atoms with E-state index in [1.807, 2.05) is 34.6 Å². The van der Waals surface area contributed by atoms with E-state index >= 15 is 0 Å². The highest BCUT2D eigenvalue weighted by Crippen LogP contribution is 2.65. The van der Waals surface area contributed by atoms with Crippen molar-refractivity contribution in [1.29, 1.82) is 0 Å². The number of hydrogen-bond acceptors (Lipinski definition) is 5. The van der Waals surface area contributed by atoms with Gasteiger partial charge in [0.05, 0.1) is 6.04 Å². The van der Waals surface area contributed by atoms with E-state index in [0.29, 0.717) is 18.9 Å². The second kappa shape index (κ2) is 9.88. The van der Waals surface area contributed by atoms with Gasteiger partial charge in [0.2, 0.25) is 23.5 Å². The molecule has 0 radical (unpaired) electrons. The summed E-state index contributed by atoms with van der Waals surface area (Å²) in [6.07, 6.45) is 3.21. The zero-order valence-electron chi connectivity index (χ0n) is 25.1. The summed E-state index contributed by atoms with van der Waals surface area (Å²) in [4.78, 5) is 68.1. The highest BCUT2D eigenvalue weighted by atomic mass is 16.2. The zero-order chi connectivity index (χ0) is 29.2. The molecular formula is C30H48N4O5. The average molecular weight is 545 g/mol. The molecule has 4 rings (SSSR count). The number of carbonyl (C=O) groups excluding carboxylic acids is 5. The van der Waals surface area contributed by atoms with Crippen LogP contribution in [0.3, 0.4) is 0 Å². The Kier molecular flexibility index (Phi) is 7.48. The van der Waals surface area contributed by atoms with Gasteiger partial charge in [0, 0.05) is 18.5 Å². The fraction of sp³-hybridized carbons (Fsp3) is 0.833. The minimum absolute atomic E-state index is 0.0168. The molecule has 1 heterocycles. The summed E-state index contributed by atoms with van der Waals surface area (Å²) >= 11 is 0. The highest BCUT2D eigenvalue weighted by molar-refractivity contribution is 6.38. The molecule has 4 aliphatic rings. The molecule has 0 aromatic rings. The Morgan fingerprint density at radius 1 is 0.974 bits per heavy atom. The normalized spacial score (nSPS) is 29.6. The lowest BCUT2D eigenvalue weighted by atomic mass is 9.84. The van der Waals surface area contributed by atoms with Gasteiger partial charge in [-0.1, -0.05) is 75.2 Å². The predicted octanol–water partition coefficient (Wildman–Crippen LogP) is 2.43. The van der Waals surface area contributed by atoms with Gasteiger partial charge in [0.1, 0.15) is 12.1 Å². The third-order valence-corrected chi connectivity index (χ3v) is 9.63. The summed E-state index contributed by atoms with van der Waals surface area (Å²) in [5.41, 5.74) is -0.691. The fourth-order valence-corrected chi connectivity index (χ4v) is 6.21. The Morgan fingerprint density at radius 3 is 2.05 bits per heavy atom. The molecule has 6 atom stereocenters. The Morgan fingerprint density at radius 2 is 1.56 bits per heavy atom. The molecule has 1 saturated heterocycles. The first-order valence-electron chi connectivity index (χ1n) is 14.6. The number of likely N-dealkylation sites (tertiary alicyclic amines) is 1. The van der Waals surface area contributed by atoms with Crippen LogP contribution in [-0.4, -0.2) is 65.0 Å². The Hall–Kier alpha value is -2.45. The van der Waals surface area contributed by atoms with Crippen molar-refractivity contribution < 1.29 is 24.0 Å². The number of rotatable bonds is 10. The molecule has 9 nitrogen and oxygen atoms in total. The molecule has 218 valence electrons. The van der Waals surface area contributed by atoms with Gasteiger partial charge in [-0.2, -0.15) is 0 Å². The number of ketones is 1. The molecule has 0 bridgehead atoms. The zero-order valence-corrected chi connectivity index (χ0v) is 25.1. The van der Waals surface area contributed by atoms with Gasteiger partial charge in [-0.05, 0) is 46.8 Å². The summed E-state index contributed by atoms with van der Waals surface area (Å²) in [6.45, 7) is 18.0. The third-order valence-electron chi connectivity index (χ3n) is 9.63. The Labute approximate surface area is 233 Å². The number of piperidine rings is 1. The van der Waals surface area contributed by atoms with Crippen LogP contribution in [0, 0.1) is 39.9 Å². The van der Waals surface area contributed by atoms with E-state index in [2.05, 4.69) is 29.8 Å². The summed E-state index contributed by atoms with van der Waals surface area (Å²) in [5.74, 6) is -1.99. The van der Waals surface area contributed by atoms with Crippen LogP contribution in [0.1, 0.15) is 88.0 Å². The van der Waals surface area contributed by atoms with Crippen LogP contribution in [0.5, 0.6) is 0 Å². The van der Waals surface area contributed by atoms with Gasteiger partial charge >= 0.3 is 0 Å². The van der Waals surface area contributed by atoms with Crippen molar-refractivity contribution in [3.63, 3.8) is 0 Å². The quantitative estimate of drug-likeness (QED) is 0.365. The molecule has 4 fully saturated rings. The van der Waals surface area contributed by atoms with Crippen LogP contribution in [0.25, 0.3) is 0 Å². The smallest absolute Gasteiger partial charge is 0.289 e. The van der Waals surface area contributed by atoms with E-state index in [1.54, 1.807) is 18.7 Å². The van der Waals surface area contributed by atoms with Gasteiger partial charge in [-0.25, -0.2) is 0 Å². The molecule has 3 saturated carbocycles. The molecule has 0 aromatic heterocycles. The standard InChI is InChI=1S/C30H48N4O5/c1-15(2)24(36)33-23(28(3,4)5)27(39)34-14-17-20(30(17,8)9)21(34)25(37)31-18(12-16-10-11-16)22(35)26(38)32-19-13-29(19,6)7/h15-21,23H,10-14H2,1-9H3,(H,31,37)(H,32,38)(H,33,36)/t17-,18?,19-,20-,21-,23?/m0/s1. The van der Waals surface area contributed by atoms with Crippen LogP contribution >= 0.6 is 0 Å².